The van der Waals surface area contributed by atoms with Gasteiger partial charge in [0.25, 0.3) is 0 Å². The van der Waals surface area contributed by atoms with E-state index < -0.39 is 7.81 Å². The van der Waals surface area contributed by atoms with Crippen LogP contribution in [0.3, 0.4) is 0 Å². The minimum atomic E-state index is -10.7. The fraction of sp³-hybridized carbons (Fsp3) is 0.0857. The Kier molecular flexibility index (Phi) is 17.9. The van der Waals surface area contributed by atoms with Gasteiger partial charge < -0.3 is 0 Å². The van der Waals surface area contributed by atoms with Gasteiger partial charge in [0.15, 0.2) is 0 Å². The van der Waals surface area contributed by atoms with Crippen molar-refractivity contribution in [3.63, 3.8) is 0 Å². The quantitative estimate of drug-likeness (QED) is 0.0735. The molecule has 0 unspecified atom stereocenters. The second-order valence-electron chi connectivity index (χ2n) is 9.30. The summed E-state index contributed by atoms with van der Waals surface area (Å²) in [6.07, 6.45) is 11.5. The first kappa shape index (κ1) is 44.5. The van der Waals surface area contributed by atoms with E-state index in [0.717, 1.165) is 0 Å². The van der Waals surface area contributed by atoms with Crippen molar-refractivity contribution in [2.75, 3.05) is 0 Å². The second kappa shape index (κ2) is 20.6. The van der Waals surface area contributed by atoms with E-state index >= 15 is 0 Å². The molecule has 3 nitrogen and oxygen atoms in total. The number of allylic oxidation sites excluding steroid dienone is 5. The predicted molar refractivity (Wildman–Crippen MR) is 208 cm³/mol. The topological polar surface area (TPSA) is 71.4 Å². The van der Waals surface area contributed by atoms with Crippen LogP contribution in [0.5, 0.6) is 0 Å². The number of halogens is 6. The fourth-order valence-electron chi connectivity index (χ4n) is 3.67. The maximum absolute atomic E-state index is 10.7. The van der Waals surface area contributed by atoms with E-state index in [-0.39, 0.29) is 0 Å². The van der Waals surface area contributed by atoms with E-state index in [1.807, 2.05) is 23.1 Å². The maximum atomic E-state index is 9.87. The third-order valence-electron chi connectivity index (χ3n) is 5.26. The summed E-state index contributed by atoms with van der Waals surface area (Å²) in [5.74, 6) is 0. The molecular formula is C35H28F6N3PS2Se4. The Morgan fingerprint density at radius 1 is 0.627 bits per heavy atom. The molecule has 266 valence electrons. The first-order valence-electron chi connectivity index (χ1n) is 14.1. The Balaban J connectivity index is 0.000000479. The van der Waals surface area contributed by atoms with Crippen LogP contribution >= 0.6 is 30.9 Å². The van der Waals surface area contributed by atoms with Crippen LogP contribution in [0.25, 0.3) is 34.5 Å². The molecule has 0 aliphatic carbocycles. The molecule has 0 bridgehead atoms. The zero-order valence-electron chi connectivity index (χ0n) is 27.0. The van der Waals surface area contributed by atoms with Crippen LogP contribution in [0, 0.1) is 34.0 Å². The third-order valence-corrected chi connectivity index (χ3v) is 16.2. The monoisotopic (exact) mass is 1020 g/mol. The molecule has 5 aromatic rings. The Labute approximate surface area is 325 Å². The van der Waals surface area contributed by atoms with Crippen LogP contribution in [0.15, 0.2) is 110 Å². The SMILES string of the molecule is C(/C=C/c1cc(-c2ccc[se]2)[s+]c(-c2ccc[se]2)c1)=C1C=C(c2ccc[se]2)SC(c2ccc[se]2)=C1.CC#N.CC#N.CC#N.F[P-](F)(F)(F)(F)F. The van der Waals surface area contributed by atoms with Gasteiger partial charge in [0.05, 0.1) is 18.2 Å². The summed E-state index contributed by atoms with van der Waals surface area (Å²) in [6, 6.07) is 28.0. The first-order valence-corrected chi connectivity index (χ1v) is 25.2. The number of hydrogen-bond acceptors (Lipinski definition) is 4. The van der Waals surface area contributed by atoms with Gasteiger partial charge in [-0.15, -0.1) is 0 Å². The van der Waals surface area contributed by atoms with Gasteiger partial charge in [0, 0.05) is 20.8 Å². The normalized spacial score (nSPS) is 13.1. The zero-order chi connectivity index (χ0) is 38.0. The molecule has 6 rings (SSSR count). The summed E-state index contributed by atoms with van der Waals surface area (Å²) in [6.45, 7) is 4.29. The summed E-state index contributed by atoms with van der Waals surface area (Å²) < 4.78 is 65.1. The molecule has 0 amide bonds. The van der Waals surface area contributed by atoms with Crippen LogP contribution in [-0.2, 0) is 0 Å². The molecule has 1 aliphatic rings. The summed E-state index contributed by atoms with van der Waals surface area (Å²) in [7, 11) is -10.7. The molecule has 5 aromatic heterocycles. The molecule has 0 N–H and O–H groups in total. The van der Waals surface area contributed by atoms with Gasteiger partial charge in [-0.1, -0.05) is 0 Å². The fourth-order valence-corrected chi connectivity index (χ4v) is 13.0. The molecule has 51 heavy (non-hydrogen) atoms. The van der Waals surface area contributed by atoms with E-state index in [2.05, 4.69) is 111 Å². The number of hydrogen-bond donors (Lipinski definition) is 0. The summed E-state index contributed by atoms with van der Waals surface area (Å²) >= 11 is 5.68. The summed E-state index contributed by atoms with van der Waals surface area (Å²) in [5.41, 5.74) is 2.57. The number of nitriles is 3. The van der Waals surface area contributed by atoms with E-state index in [1.54, 1.807) is 18.2 Å². The Morgan fingerprint density at radius 2 is 0.961 bits per heavy atom. The third kappa shape index (κ3) is 19.1. The number of nitrogens with zero attached hydrogens (tertiary/aromatic N) is 3. The zero-order valence-corrected chi connectivity index (χ0v) is 36.4. The van der Waals surface area contributed by atoms with Gasteiger partial charge >= 0.3 is 273 Å². The standard InChI is InChI=1S/C29H19S2Se4.3C2H3N.F6P/c1(6-20-16-22(26-8-2-12-32-26)30-23(17-20)27-9-3-13-33-27)7-21-18-24(28-10-4-14-34-28)31-25(19-21)29-11-5-15-35-29;3*1-2-3;1-7(2,3,4,5)6/h1-19H;3*1H3;/q+1;;;;-1. The molecule has 0 fully saturated rings. The average molecular weight is 1020 g/mol. The van der Waals surface area contributed by atoms with Crippen LogP contribution in [0.1, 0.15) is 35.2 Å². The van der Waals surface area contributed by atoms with E-state index in [9.17, 15) is 25.2 Å². The van der Waals surface area contributed by atoms with Crippen LogP contribution in [0.2, 0.25) is 0 Å². The Bertz CT molecular complexity index is 1920. The molecule has 0 spiro atoms. The first-order chi connectivity index (χ1) is 24.0. The van der Waals surface area contributed by atoms with Crippen molar-refractivity contribution in [1.82, 2.24) is 0 Å². The van der Waals surface area contributed by atoms with Crippen LogP contribution in [0.4, 0.5) is 25.2 Å². The number of thioether (sulfide) groups is 1. The molecule has 0 saturated heterocycles. The van der Waals surface area contributed by atoms with Gasteiger partial charge in [0.1, 0.15) is 0 Å². The van der Waals surface area contributed by atoms with E-state index in [0.29, 0.717) is 58.0 Å². The van der Waals surface area contributed by atoms with Crippen molar-refractivity contribution in [2.45, 2.75) is 20.8 Å². The van der Waals surface area contributed by atoms with Crippen molar-refractivity contribution < 1.29 is 25.2 Å². The molecule has 16 heteroatoms. The molecular weight excluding hydrogens is 987 g/mol. The molecule has 0 aromatic carbocycles. The predicted octanol–water partition coefficient (Wildman–Crippen LogP) is 12.3. The van der Waals surface area contributed by atoms with Gasteiger partial charge in [0.2, 0.25) is 0 Å². The molecule has 1 aliphatic heterocycles. The van der Waals surface area contributed by atoms with E-state index in [1.165, 1.54) is 69.2 Å². The van der Waals surface area contributed by atoms with Gasteiger partial charge in [-0.25, -0.2) is 0 Å². The number of rotatable bonds is 6. The van der Waals surface area contributed by atoms with Crippen molar-refractivity contribution in [1.29, 1.82) is 15.8 Å². The average Bonchev–Trinajstić information content (AvgIpc) is 3.89. The molecule has 0 radical (unpaired) electrons. The molecule has 0 saturated carbocycles. The summed E-state index contributed by atoms with van der Waals surface area (Å²) in [5, 5.41) is 22.0. The van der Waals surface area contributed by atoms with Gasteiger partial charge in [-0.3, -0.25) is 0 Å². The second-order valence-corrected chi connectivity index (χ2v) is 21.3. The Morgan fingerprint density at radius 3 is 1.27 bits per heavy atom. The van der Waals surface area contributed by atoms with Crippen LogP contribution in [-0.4, -0.2) is 58.0 Å². The Hall–Kier alpha value is -2.64. The van der Waals surface area contributed by atoms with Gasteiger partial charge in [-0.2, -0.15) is 15.8 Å². The minimum absolute atomic E-state index is 0.449. The van der Waals surface area contributed by atoms with Gasteiger partial charge in [-0.05, 0) is 0 Å². The molecule has 0 atom stereocenters. The van der Waals surface area contributed by atoms with Crippen molar-refractivity contribution in [2.24, 2.45) is 0 Å². The molecule has 6 heterocycles. The van der Waals surface area contributed by atoms with E-state index in [4.69, 9.17) is 15.8 Å². The van der Waals surface area contributed by atoms with Crippen molar-refractivity contribution >= 4 is 105 Å². The van der Waals surface area contributed by atoms with Crippen molar-refractivity contribution in [3.05, 3.63) is 125 Å². The van der Waals surface area contributed by atoms with Crippen LogP contribution < -0.4 is 0 Å². The van der Waals surface area contributed by atoms with Crippen molar-refractivity contribution in [3.8, 4) is 36.8 Å². The summed E-state index contributed by atoms with van der Waals surface area (Å²) in [4.78, 5) is 14.9.